The predicted octanol–water partition coefficient (Wildman–Crippen LogP) is 1.16. The predicted molar refractivity (Wildman–Crippen MR) is 65.9 cm³/mol. The summed E-state index contributed by atoms with van der Waals surface area (Å²) in [6, 6.07) is 9.84. The zero-order valence-corrected chi connectivity index (χ0v) is 10.7. The van der Waals surface area contributed by atoms with Gasteiger partial charge >= 0.3 is 12.1 Å². The lowest BCUT2D eigenvalue weighted by atomic mass is 10.2. The highest BCUT2D eigenvalue weighted by atomic mass is 19.4. The second-order valence-corrected chi connectivity index (χ2v) is 3.60. The summed E-state index contributed by atoms with van der Waals surface area (Å²) in [5, 5.41) is 12.7. The number of carbonyl (C=O) groups excluding carboxylic acids is 1. The van der Waals surface area contributed by atoms with Gasteiger partial charge in [0.05, 0.1) is 6.54 Å². The Morgan fingerprint density at radius 3 is 2.10 bits per heavy atom. The molecule has 1 rings (SSSR count). The number of amides is 1. The molecule has 1 aromatic rings. The molecule has 0 radical (unpaired) electrons. The van der Waals surface area contributed by atoms with Crippen LogP contribution < -0.4 is 10.6 Å². The maximum absolute atomic E-state index is 11.0. The third kappa shape index (κ3) is 8.92. The molecule has 0 saturated carbocycles. The Hall–Kier alpha value is -2.09. The zero-order valence-electron chi connectivity index (χ0n) is 10.7. The van der Waals surface area contributed by atoms with Crippen LogP contribution in [0.3, 0.4) is 0 Å². The van der Waals surface area contributed by atoms with E-state index in [1.54, 1.807) is 7.05 Å². The number of carboxylic acids is 1. The first-order chi connectivity index (χ1) is 9.27. The second kappa shape index (κ2) is 8.92. The van der Waals surface area contributed by atoms with Crippen LogP contribution in [0.2, 0.25) is 0 Å². The van der Waals surface area contributed by atoms with E-state index in [1.807, 2.05) is 30.3 Å². The minimum Gasteiger partial charge on any atom is -0.475 e. The van der Waals surface area contributed by atoms with E-state index in [2.05, 4.69) is 10.6 Å². The fourth-order valence-electron chi connectivity index (χ4n) is 1.02. The fourth-order valence-corrected chi connectivity index (χ4v) is 1.02. The smallest absolute Gasteiger partial charge is 0.475 e. The molecular weight excluding hydrogens is 277 g/mol. The van der Waals surface area contributed by atoms with Crippen LogP contribution in [0.4, 0.5) is 13.2 Å². The van der Waals surface area contributed by atoms with Crippen molar-refractivity contribution in [2.75, 3.05) is 13.6 Å². The molecule has 112 valence electrons. The number of nitrogens with one attached hydrogen (secondary N) is 2. The Labute approximate surface area is 113 Å². The molecule has 0 heterocycles. The van der Waals surface area contributed by atoms with Crippen LogP contribution in [-0.2, 0) is 16.1 Å². The van der Waals surface area contributed by atoms with Gasteiger partial charge in [0, 0.05) is 6.54 Å². The Kier molecular flexibility index (Phi) is 7.98. The quantitative estimate of drug-likeness (QED) is 0.778. The molecule has 0 fully saturated rings. The van der Waals surface area contributed by atoms with Gasteiger partial charge in [-0.2, -0.15) is 13.2 Å². The molecule has 5 nitrogen and oxygen atoms in total. The van der Waals surface area contributed by atoms with E-state index in [0.29, 0.717) is 13.1 Å². The van der Waals surface area contributed by atoms with Crippen molar-refractivity contribution in [2.45, 2.75) is 12.7 Å². The number of aliphatic carboxylic acids is 1. The fraction of sp³-hybridized carbons (Fsp3) is 0.333. The van der Waals surface area contributed by atoms with Gasteiger partial charge in [-0.15, -0.1) is 0 Å². The molecule has 0 bridgehead atoms. The van der Waals surface area contributed by atoms with Crippen molar-refractivity contribution in [1.82, 2.24) is 10.6 Å². The minimum atomic E-state index is -5.08. The maximum Gasteiger partial charge on any atom is 0.490 e. The van der Waals surface area contributed by atoms with Crippen molar-refractivity contribution < 1.29 is 27.9 Å². The molecule has 1 amide bonds. The van der Waals surface area contributed by atoms with Crippen molar-refractivity contribution in [1.29, 1.82) is 0 Å². The van der Waals surface area contributed by atoms with E-state index in [9.17, 15) is 18.0 Å². The Bertz CT molecular complexity index is 422. The van der Waals surface area contributed by atoms with Gasteiger partial charge in [-0.25, -0.2) is 4.79 Å². The van der Waals surface area contributed by atoms with Crippen molar-refractivity contribution in [2.24, 2.45) is 0 Å². The number of halogens is 3. The van der Waals surface area contributed by atoms with Gasteiger partial charge in [0.15, 0.2) is 0 Å². The van der Waals surface area contributed by atoms with Crippen molar-refractivity contribution in [3.63, 3.8) is 0 Å². The van der Waals surface area contributed by atoms with Crippen LogP contribution in [0.1, 0.15) is 5.56 Å². The van der Waals surface area contributed by atoms with Gasteiger partial charge in [0.25, 0.3) is 0 Å². The molecule has 0 aliphatic carbocycles. The van der Waals surface area contributed by atoms with Gasteiger partial charge in [-0.3, -0.25) is 4.79 Å². The van der Waals surface area contributed by atoms with Crippen LogP contribution >= 0.6 is 0 Å². The van der Waals surface area contributed by atoms with Gasteiger partial charge in [0.1, 0.15) is 0 Å². The molecule has 0 unspecified atom stereocenters. The standard InChI is InChI=1S/C10H14N2O.C2HF3O2/c1-11-8-10(13)12-7-9-5-3-2-4-6-9;3-2(4,5)1(6)7/h2-6,11H,7-8H2,1H3,(H,12,13);(H,6,7). The van der Waals surface area contributed by atoms with E-state index < -0.39 is 12.1 Å². The number of hydrogen-bond acceptors (Lipinski definition) is 3. The molecule has 20 heavy (non-hydrogen) atoms. The van der Waals surface area contributed by atoms with E-state index in [1.165, 1.54) is 0 Å². The number of rotatable bonds is 4. The van der Waals surface area contributed by atoms with E-state index in [0.717, 1.165) is 5.56 Å². The lowest BCUT2D eigenvalue weighted by Crippen LogP contribution is -2.31. The second-order valence-electron chi connectivity index (χ2n) is 3.60. The highest BCUT2D eigenvalue weighted by molar-refractivity contribution is 5.77. The summed E-state index contributed by atoms with van der Waals surface area (Å²) in [5.41, 5.74) is 1.12. The van der Waals surface area contributed by atoms with Crippen LogP contribution in [0.15, 0.2) is 30.3 Å². The van der Waals surface area contributed by atoms with Crippen LogP contribution in [0, 0.1) is 0 Å². The van der Waals surface area contributed by atoms with Crippen LogP contribution in [0.25, 0.3) is 0 Å². The number of carbonyl (C=O) groups is 2. The molecule has 0 aromatic heterocycles. The number of benzene rings is 1. The molecule has 0 spiro atoms. The van der Waals surface area contributed by atoms with E-state index in [-0.39, 0.29) is 5.91 Å². The van der Waals surface area contributed by atoms with Crippen molar-refractivity contribution in [3.05, 3.63) is 35.9 Å². The lowest BCUT2D eigenvalue weighted by Gasteiger charge is -2.03. The highest BCUT2D eigenvalue weighted by Crippen LogP contribution is 2.13. The largest absolute Gasteiger partial charge is 0.490 e. The molecule has 0 aliphatic heterocycles. The topological polar surface area (TPSA) is 78.4 Å². The summed E-state index contributed by atoms with van der Waals surface area (Å²) in [6.45, 7) is 0.966. The van der Waals surface area contributed by atoms with Crippen molar-refractivity contribution >= 4 is 11.9 Å². The third-order valence-electron chi connectivity index (χ3n) is 1.91. The zero-order chi connectivity index (χ0) is 15.6. The van der Waals surface area contributed by atoms with E-state index >= 15 is 0 Å². The Morgan fingerprint density at radius 2 is 1.70 bits per heavy atom. The van der Waals surface area contributed by atoms with Gasteiger partial charge < -0.3 is 15.7 Å². The number of alkyl halides is 3. The van der Waals surface area contributed by atoms with Gasteiger partial charge in [-0.1, -0.05) is 30.3 Å². The Balaban J connectivity index is 0.000000441. The number of hydrogen-bond donors (Lipinski definition) is 3. The average molecular weight is 292 g/mol. The SMILES string of the molecule is CNCC(=O)NCc1ccccc1.O=C(O)C(F)(F)F. The monoisotopic (exact) mass is 292 g/mol. The molecule has 0 saturated heterocycles. The first-order valence-corrected chi connectivity index (χ1v) is 5.52. The third-order valence-corrected chi connectivity index (χ3v) is 1.91. The summed E-state index contributed by atoms with van der Waals surface area (Å²) >= 11 is 0. The average Bonchev–Trinajstić information content (AvgIpc) is 2.37. The molecule has 0 aliphatic rings. The van der Waals surface area contributed by atoms with Crippen molar-refractivity contribution in [3.8, 4) is 0 Å². The number of carboxylic acid groups (broad SMARTS) is 1. The summed E-state index contributed by atoms with van der Waals surface area (Å²) in [4.78, 5) is 19.9. The lowest BCUT2D eigenvalue weighted by molar-refractivity contribution is -0.192. The van der Waals surface area contributed by atoms with Crippen LogP contribution in [0.5, 0.6) is 0 Å². The van der Waals surface area contributed by atoms with Crippen LogP contribution in [-0.4, -0.2) is 36.8 Å². The minimum absolute atomic E-state index is 0.0198. The molecular formula is C12H15F3N2O3. The molecule has 0 atom stereocenters. The molecule has 8 heteroatoms. The molecule has 3 N–H and O–H groups in total. The molecule has 1 aromatic carbocycles. The number of likely N-dealkylation sites (N-methyl/N-ethyl adjacent to an activating group) is 1. The van der Waals surface area contributed by atoms with Gasteiger partial charge in [-0.05, 0) is 12.6 Å². The maximum atomic E-state index is 11.0. The first kappa shape index (κ1) is 17.9. The van der Waals surface area contributed by atoms with E-state index in [4.69, 9.17) is 9.90 Å². The Morgan fingerprint density at radius 1 is 1.20 bits per heavy atom. The van der Waals surface area contributed by atoms with Gasteiger partial charge in [0.2, 0.25) is 5.91 Å². The summed E-state index contributed by atoms with van der Waals surface area (Å²) < 4.78 is 31.7. The summed E-state index contributed by atoms with van der Waals surface area (Å²) in [5.74, 6) is -2.74. The normalized spacial score (nSPS) is 10.2. The summed E-state index contributed by atoms with van der Waals surface area (Å²) in [7, 11) is 1.75. The highest BCUT2D eigenvalue weighted by Gasteiger charge is 2.38. The summed E-state index contributed by atoms with van der Waals surface area (Å²) in [6.07, 6.45) is -5.08. The first-order valence-electron chi connectivity index (χ1n) is 5.52.